The standard InChI is InChI=1S/C28H48O2/c1-5-8-11-13-14-16-18-24-20-21-26(28(29)30)25(19-10-7-3)27(24)22-23(4)17-15-12-9-6-2/h20-21,23H,5-19,22H2,1-4H3,(H,29,30). The van der Waals surface area contributed by atoms with Crippen LogP contribution in [0.25, 0.3) is 0 Å². The van der Waals surface area contributed by atoms with Gasteiger partial charge in [-0.25, -0.2) is 4.79 Å². The lowest BCUT2D eigenvalue weighted by Crippen LogP contribution is -2.12. The van der Waals surface area contributed by atoms with Gasteiger partial charge in [0.25, 0.3) is 0 Å². The van der Waals surface area contributed by atoms with E-state index in [0.29, 0.717) is 11.5 Å². The molecule has 1 atom stereocenters. The van der Waals surface area contributed by atoms with Crippen molar-refractivity contribution in [3.05, 3.63) is 34.4 Å². The molecule has 1 aromatic rings. The first-order valence-electron chi connectivity index (χ1n) is 12.9. The van der Waals surface area contributed by atoms with Crippen LogP contribution in [-0.4, -0.2) is 11.1 Å². The van der Waals surface area contributed by atoms with Crippen LogP contribution in [0.1, 0.15) is 138 Å². The molecule has 0 aliphatic rings. The highest BCUT2D eigenvalue weighted by Gasteiger charge is 2.19. The van der Waals surface area contributed by atoms with Crippen molar-refractivity contribution in [3.8, 4) is 0 Å². The Balaban J connectivity index is 2.96. The average Bonchev–Trinajstić information content (AvgIpc) is 2.73. The molecule has 0 saturated carbocycles. The van der Waals surface area contributed by atoms with Gasteiger partial charge in [-0.2, -0.15) is 0 Å². The van der Waals surface area contributed by atoms with Crippen LogP contribution in [0.15, 0.2) is 12.1 Å². The molecule has 0 saturated heterocycles. The fraction of sp³-hybridized carbons (Fsp3) is 0.750. The maximum atomic E-state index is 11.9. The molecule has 1 rings (SSSR count). The Morgan fingerprint density at radius 2 is 1.37 bits per heavy atom. The molecular formula is C28H48O2. The first-order valence-corrected chi connectivity index (χ1v) is 12.9. The second kappa shape index (κ2) is 16.4. The van der Waals surface area contributed by atoms with E-state index >= 15 is 0 Å². The number of carboxylic acid groups (broad SMARTS) is 1. The van der Waals surface area contributed by atoms with E-state index in [2.05, 4.69) is 33.8 Å². The van der Waals surface area contributed by atoms with E-state index in [0.717, 1.165) is 37.7 Å². The minimum absolute atomic E-state index is 0.545. The van der Waals surface area contributed by atoms with Gasteiger partial charge in [-0.3, -0.25) is 0 Å². The zero-order valence-corrected chi connectivity index (χ0v) is 20.4. The zero-order valence-electron chi connectivity index (χ0n) is 20.4. The molecular weight excluding hydrogens is 368 g/mol. The number of carbonyl (C=O) groups is 1. The van der Waals surface area contributed by atoms with Gasteiger partial charge in [-0.15, -0.1) is 0 Å². The van der Waals surface area contributed by atoms with Gasteiger partial charge in [0.15, 0.2) is 0 Å². The van der Waals surface area contributed by atoms with Crippen LogP contribution < -0.4 is 0 Å². The molecule has 1 unspecified atom stereocenters. The lowest BCUT2D eigenvalue weighted by atomic mass is 9.84. The summed E-state index contributed by atoms with van der Waals surface area (Å²) in [6.07, 6.45) is 19.5. The summed E-state index contributed by atoms with van der Waals surface area (Å²) in [6.45, 7) is 9.07. The van der Waals surface area contributed by atoms with Gasteiger partial charge in [0, 0.05) is 0 Å². The number of carboxylic acids is 1. The van der Waals surface area contributed by atoms with Crippen molar-refractivity contribution < 1.29 is 9.90 Å². The molecule has 0 aliphatic heterocycles. The normalized spacial score (nSPS) is 12.3. The van der Waals surface area contributed by atoms with E-state index in [-0.39, 0.29) is 0 Å². The highest BCUT2D eigenvalue weighted by molar-refractivity contribution is 5.90. The maximum Gasteiger partial charge on any atom is 0.335 e. The van der Waals surface area contributed by atoms with E-state index in [9.17, 15) is 9.90 Å². The SMILES string of the molecule is CCCCCCCCc1ccc(C(=O)O)c(CCCC)c1CC(C)CCCCCC. The Morgan fingerprint density at radius 3 is 2.00 bits per heavy atom. The summed E-state index contributed by atoms with van der Waals surface area (Å²) in [4.78, 5) is 11.9. The van der Waals surface area contributed by atoms with E-state index in [4.69, 9.17) is 0 Å². The predicted molar refractivity (Wildman–Crippen MR) is 131 cm³/mol. The van der Waals surface area contributed by atoms with Gasteiger partial charge in [0.1, 0.15) is 0 Å². The van der Waals surface area contributed by atoms with Crippen LogP contribution in [0, 0.1) is 5.92 Å². The molecule has 0 aliphatic carbocycles. The third-order valence-electron chi connectivity index (χ3n) is 6.44. The number of hydrogen-bond acceptors (Lipinski definition) is 1. The average molecular weight is 417 g/mol. The van der Waals surface area contributed by atoms with Crippen LogP contribution in [0.4, 0.5) is 0 Å². The van der Waals surface area contributed by atoms with E-state index in [1.807, 2.05) is 6.07 Å². The zero-order chi connectivity index (χ0) is 22.2. The summed E-state index contributed by atoms with van der Waals surface area (Å²) in [6, 6.07) is 4.01. The fourth-order valence-electron chi connectivity index (χ4n) is 4.54. The van der Waals surface area contributed by atoms with Crippen molar-refractivity contribution >= 4 is 5.97 Å². The van der Waals surface area contributed by atoms with E-state index < -0.39 is 5.97 Å². The summed E-state index contributed by atoms with van der Waals surface area (Å²) < 4.78 is 0. The van der Waals surface area contributed by atoms with Crippen molar-refractivity contribution in [2.45, 2.75) is 130 Å². The van der Waals surface area contributed by atoms with Crippen LogP contribution >= 0.6 is 0 Å². The van der Waals surface area contributed by atoms with Crippen LogP contribution in [-0.2, 0) is 19.3 Å². The summed E-state index contributed by atoms with van der Waals surface area (Å²) in [5.41, 5.74) is 4.47. The Bertz CT molecular complexity index is 591. The third kappa shape index (κ3) is 10.1. The highest BCUT2D eigenvalue weighted by atomic mass is 16.4. The molecule has 2 nitrogen and oxygen atoms in total. The van der Waals surface area contributed by atoms with Gasteiger partial charge in [0.05, 0.1) is 5.56 Å². The molecule has 2 heteroatoms. The Kier molecular flexibility index (Phi) is 14.6. The summed E-state index contributed by atoms with van der Waals surface area (Å²) >= 11 is 0. The number of unbranched alkanes of at least 4 members (excludes halogenated alkanes) is 9. The molecule has 1 aromatic carbocycles. The summed E-state index contributed by atoms with van der Waals surface area (Å²) in [5.74, 6) is -0.140. The minimum Gasteiger partial charge on any atom is -0.478 e. The van der Waals surface area contributed by atoms with Crippen LogP contribution in [0.3, 0.4) is 0 Å². The van der Waals surface area contributed by atoms with Crippen LogP contribution in [0.5, 0.6) is 0 Å². The predicted octanol–water partition coefficient (Wildman–Crippen LogP) is 8.78. The van der Waals surface area contributed by atoms with Crippen molar-refractivity contribution in [1.82, 2.24) is 0 Å². The number of hydrogen-bond donors (Lipinski definition) is 1. The Labute approximate surface area is 186 Å². The largest absolute Gasteiger partial charge is 0.478 e. The van der Waals surface area contributed by atoms with Gasteiger partial charge < -0.3 is 5.11 Å². The molecule has 1 N–H and O–H groups in total. The topological polar surface area (TPSA) is 37.3 Å². The number of aryl methyl sites for hydroxylation is 1. The fourth-order valence-corrected chi connectivity index (χ4v) is 4.54. The smallest absolute Gasteiger partial charge is 0.335 e. The number of rotatable bonds is 18. The lowest BCUT2D eigenvalue weighted by molar-refractivity contribution is 0.0695. The lowest BCUT2D eigenvalue weighted by Gasteiger charge is -2.21. The molecule has 172 valence electrons. The van der Waals surface area contributed by atoms with Gasteiger partial charge in [-0.05, 0) is 60.8 Å². The summed E-state index contributed by atoms with van der Waals surface area (Å²) in [5, 5.41) is 9.81. The number of benzene rings is 1. The first kappa shape index (κ1) is 26.7. The van der Waals surface area contributed by atoms with Crippen molar-refractivity contribution in [2.75, 3.05) is 0 Å². The molecule has 0 amide bonds. The van der Waals surface area contributed by atoms with E-state index in [1.54, 1.807) is 0 Å². The van der Waals surface area contributed by atoms with Crippen LogP contribution in [0.2, 0.25) is 0 Å². The Hall–Kier alpha value is -1.31. The van der Waals surface area contributed by atoms with Gasteiger partial charge >= 0.3 is 5.97 Å². The second-order valence-electron chi connectivity index (χ2n) is 9.31. The van der Waals surface area contributed by atoms with Gasteiger partial charge in [0.2, 0.25) is 0 Å². The van der Waals surface area contributed by atoms with Crippen molar-refractivity contribution in [3.63, 3.8) is 0 Å². The molecule has 0 heterocycles. The highest BCUT2D eigenvalue weighted by Crippen LogP contribution is 2.28. The van der Waals surface area contributed by atoms with Gasteiger partial charge in [-0.1, -0.05) is 104 Å². The minimum atomic E-state index is -0.760. The first-order chi connectivity index (χ1) is 14.5. The Morgan fingerprint density at radius 1 is 0.767 bits per heavy atom. The second-order valence-corrected chi connectivity index (χ2v) is 9.31. The molecule has 0 fully saturated rings. The molecule has 30 heavy (non-hydrogen) atoms. The van der Waals surface area contributed by atoms with E-state index in [1.165, 1.54) is 81.8 Å². The molecule has 0 radical (unpaired) electrons. The molecule has 0 bridgehead atoms. The summed E-state index contributed by atoms with van der Waals surface area (Å²) in [7, 11) is 0. The maximum absolute atomic E-state index is 11.9. The van der Waals surface area contributed by atoms with Crippen molar-refractivity contribution in [2.24, 2.45) is 5.92 Å². The molecule has 0 spiro atoms. The van der Waals surface area contributed by atoms with Crippen molar-refractivity contribution in [1.29, 1.82) is 0 Å². The monoisotopic (exact) mass is 416 g/mol. The third-order valence-corrected chi connectivity index (χ3v) is 6.44. The number of aromatic carboxylic acids is 1. The quantitative estimate of drug-likeness (QED) is 0.243. The molecule has 0 aromatic heterocycles.